The predicted molar refractivity (Wildman–Crippen MR) is 88.4 cm³/mol. The van der Waals surface area contributed by atoms with Crippen molar-refractivity contribution in [3.8, 4) is 0 Å². The van der Waals surface area contributed by atoms with Gasteiger partial charge in [-0.3, -0.25) is 9.78 Å². The van der Waals surface area contributed by atoms with E-state index in [1.54, 1.807) is 11.0 Å². The second-order valence-corrected chi connectivity index (χ2v) is 6.39. The predicted octanol–water partition coefficient (Wildman–Crippen LogP) is 2.72. The normalized spacial score (nSPS) is 17.0. The van der Waals surface area contributed by atoms with Crippen molar-refractivity contribution in [3.05, 3.63) is 53.7 Å². The highest BCUT2D eigenvalue weighted by atomic mass is 19.1. The van der Waals surface area contributed by atoms with Crippen molar-refractivity contribution in [1.82, 2.24) is 15.2 Å². The molecule has 5 nitrogen and oxygen atoms in total. The molecule has 6 heteroatoms. The number of halogens is 1. The molecule has 0 unspecified atom stereocenters. The van der Waals surface area contributed by atoms with Gasteiger partial charge in [0.25, 0.3) is 5.91 Å². The average Bonchev–Trinajstić information content (AvgIpc) is 3.11. The largest absolute Gasteiger partial charge is 0.472 e. The monoisotopic (exact) mass is 331 g/mol. The third kappa shape index (κ3) is 4.00. The second-order valence-electron chi connectivity index (χ2n) is 6.39. The van der Waals surface area contributed by atoms with Crippen LogP contribution in [0.3, 0.4) is 0 Å². The first-order valence-corrected chi connectivity index (χ1v) is 8.18. The molecule has 3 rings (SSSR count). The van der Waals surface area contributed by atoms with Gasteiger partial charge >= 0.3 is 0 Å². The van der Waals surface area contributed by atoms with Gasteiger partial charge in [0.05, 0.1) is 17.5 Å². The van der Waals surface area contributed by atoms with Gasteiger partial charge in [-0.15, -0.1) is 0 Å². The van der Waals surface area contributed by atoms with Gasteiger partial charge in [0.1, 0.15) is 11.9 Å². The fourth-order valence-corrected chi connectivity index (χ4v) is 2.87. The van der Waals surface area contributed by atoms with E-state index in [0.717, 1.165) is 11.3 Å². The molecule has 0 atom stereocenters. The van der Waals surface area contributed by atoms with Crippen molar-refractivity contribution in [2.45, 2.75) is 32.0 Å². The van der Waals surface area contributed by atoms with E-state index in [1.807, 2.05) is 25.3 Å². The molecule has 1 aliphatic heterocycles. The van der Waals surface area contributed by atoms with Gasteiger partial charge < -0.3 is 14.6 Å². The molecule has 2 aromatic rings. The number of amides is 1. The van der Waals surface area contributed by atoms with Crippen molar-refractivity contribution in [2.75, 3.05) is 19.6 Å². The molecule has 2 aromatic heterocycles. The van der Waals surface area contributed by atoms with E-state index in [-0.39, 0.29) is 12.5 Å². The summed E-state index contributed by atoms with van der Waals surface area (Å²) in [6.45, 7) is 3.65. The number of carbonyl (C=O) groups is 1. The minimum absolute atomic E-state index is 0.0948. The summed E-state index contributed by atoms with van der Waals surface area (Å²) < 4.78 is 19.8. The Kier molecular flexibility index (Phi) is 4.94. The molecular weight excluding hydrogens is 309 g/mol. The molecule has 128 valence electrons. The second kappa shape index (κ2) is 7.13. The summed E-state index contributed by atoms with van der Waals surface area (Å²) >= 11 is 0. The lowest BCUT2D eigenvalue weighted by Gasteiger charge is -2.36. The molecule has 0 saturated carbocycles. The zero-order valence-electron chi connectivity index (χ0n) is 13.8. The zero-order chi connectivity index (χ0) is 17.0. The van der Waals surface area contributed by atoms with Crippen molar-refractivity contribution in [3.63, 3.8) is 0 Å². The molecule has 1 saturated heterocycles. The minimum atomic E-state index is -1.28. The number of alkyl halides is 1. The Bertz CT molecular complexity index is 662. The number of rotatable bonds is 5. The Morgan fingerprint density at radius 3 is 2.79 bits per heavy atom. The lowest BCUT2D eigenvalue weighted by molar-refractivity contribution is 0.0434. The molecule has 24 heavy (non-hydrogen) atoms. The lowest BCUT2D eigenvalue weighted by atomic mass is 9.93. The minimum Gasteiger partial charge on any atom is -0.472 e. The van der Waals surface area contributed by atoms with E-state index in [2.05, 4.69) is 10.3 Å². The fourth-order valence-electron chi connectivity index (χ4n) is 2.87. The topological polar surface area (TPSA) is 58.4 Å². The van der Waals surface area contributed by atoms with E-state index in [0.29, 0.717) is 38.0 Å². The summed E-state index contributed by atoms with van der Waals surface area (Å²) in [4.78, 5) is 18.2. The molecule has 0 radical (unpaired) electrons. The Morgan fingerprint density at radius 2 is 2.17 bits per heavy atom. The van der Waals surface area contributed by atoms with Gasteiger partial charge in [-0.05, 0) is 24.6 Å². The van der Waals surface area contributed by atoms with Crippen LogP contribution < -0.4 is 5.32 Å². The molecule has 1 aliphatic rings. The third-order valence-electron chi connectivity index (χ3n) is 4.44. The third-order valence-corrected chi connectivity index (χ3v) is 4.44. The molecule has 0 aliphatic carbocycles. The Morgan fingerprint density at radius 1 is 1.38 bits per heavy atom. The molecule has 1 fully saturated rings. The fraction of sp³-hybridized carbons (Fsp3) is 0.444. The summed E-state index contributed by atoms with van der Waals surface area (Å²) in [6.07, 6.45) is 5.38. The summed E-state index contributed by atoms with van der Waals surface area (Å²) in [5.41, 5.74) is 1.25. The number of aromatic nitrogens is 1. The van der Waals surface area contributed by atoms with E-state index in [1.165, 1.54) is 12.5 Å². The molecule has 0 spiro atoms. The van der Waals surface area contributed by atoms with Crippen molar-refractivity contribution >= 4 is 5.91 Å². The summed E-state index contributed by atoms with van der Waals surface area (Å²) in [5, 5.41) is 3.15. The Labute approximate surface area is 140 Å². The van der Waals surface area contributed by atoms with E-state index < -0.39 is 5.67 Å². The molecule has 1 amide bonds. The van der Waals surface area contributed by atoms with Crippen LogP contribution in [-0.2, 0) is 6.54 Å². The number of likely N-dealkylation sites (tertiary alicyclic amines) is 1. The van der Waals surface area contributed by atoms with Crippen LogP contribution in [0.1, 0.15) is 34.5 Å². The number of pyridine rings is 1. The number of furan rings is 1. The number of hydrogen-bond acceptors (Lipinski definition) is 4. The highest BCUT2D eigenvalue weighted by Gasteiger charge is 2.35. The van der Waals surface area contributed by atoms with Crippen molar-refractivity contribution in [1.29, 1.82) is 0 Å². The average molecular weight is 331 g/mol. The van der Waals surface area contributed by atoms with Crippen LogP contribution >= 0.6 is 0 Å². The Hall–Kier alpha value is -2.21. The SMILES string of the molecule is Cc1ccc(CNCC2(F)CCN(C(=O)c3ccoc3)CC2)nc1. The number of carbonyl (C=O) groups excluding carboxylic acids is 1. The zero-order valence-corrected chi connectivity index (χ0v) is 13.8. The Balaban J connectivity index is 1.46. The maximum absolute atomic E-state index is 14.9. The van der Waals surface area contributed by atoms with Crippen LogP contribution in [0.25, 0.3) is 0 Å². The van der Waals surface area contributed by atoms with Crippen LogP contribution in [0.15, 0.2) is 41.3 Å². The van der Waals surface area contributed by atoms with Crippen LogP contribution in [0, 0.1) is 6.92 Å². The van der Waals surface area contributed by atoms with Gasteiger partial charge in [-0.25, -0.2) is 4.39 Å². The molecular formula is C18H22FN3O2. The molecule has 3 heterocycles. The van der Waals surface area contributed by atoms with Gasteiger partial charge in [0, 0.05) is 45.2 Å². The number of nitrogens with one attached hydrogen (secondary N) is 1. The first-order valence-electron chi connectivity index (χ1n) is 8.18. The smallest absolute Gasteiger partial charge is 0.257 e. The maximum atomic E-state index is 14.9. The summed E-state index contributed by atoms with van der Waals surface area (Å²) in [5.74, 6) is -0.0948. The first-order chi connectivity index (χ1) is 11.6. The number of hydrogen-bond donors (Lipinski definition) is 1. The van der Waals surface area contributed by atoms with Crippen LogP contribution in [0.4, 0.5) is 4.39 Å². The molecule has 0 aromatic carbocycles. The van der Waals surface area contributed by atoms with E-state index >= 15 is 0 Å². The maximum Gasteiger partial charge on any atom is 0.257 e. The van der Waals surface area contributed by atoms with Crippen LogP contribution in [0.5, 0.6) is 0 Å². The van der Waals surface area contributed by atoms with Gasteiger partial charge in [-0.2, -0.15) is 0 Å². The summed E-state index contributed by atoms with van der Waals surface area (Å²) in [7, 11) is 0. The van der Waals surface area contributed by atoms with Crippen LogP contribution in [0.2, 0.25) is 0 Å². The molecule has 1 N–H and O–H groups in total. The number of aryl methyl sites for hydroxylation is 1. The van der Waals surface area contributed by atoms with Crippen molar-refractivity contribution < 1.29 is 13.6 Å². The molecule has 0 bridgehead atoms. The standard InChI is InChI=1S/C18H22FN3O2/c1-14-2-3-16(21-10-14)11-20-13-18(19)5-7-22(8-6-18)17(23)15-4-9-24-12-15/h2-4,9-10,12,20H,5-8,11,13H2,1H3. The number of piperidine rings is 1. The van der Waals surface area contributed by atoms with Gasteiger partial charge in [0.15, 0.2) is 0 Å². The highest BCUT2D eigenvalue weighted by molar-refractivity contribution is 5.93. The quantitative estimate of drug-likeness (QED) is 0.915. The summed E-state index contributed by atoms with van der Waals surface area (Å²) in [6, 6.07) is 5.57. The van der Waals surface area contributed by atoms with Gasteiger partial charge in [-0.1, -0.05) is 6.07 Å². The van der Waals surface area contributed by atoms with Crippen LogP contribution in [-0.4, -0.2) is 41.1 Å². The van der Waals surface area contributed by atoms with Crippen molar-refractivity contribution in [2.24, 2.45) is 0 Å². The highest BCUT2D eigenvalue weighted by Crippen LogP contribution is 2.27. The first kappa shape index (κ1) is 16.6. The van der Waals surface area contributed by atoms with E-state index in [4.69, 9.17) is 4.42 Å². The van der Waals surface area contributed by atoms with Gasteiger partial charge in [0.2, 0.25) is 0 Å². The van der Waals surface area contributed by atoms with E-state index in [9.17, 15) is 9.18 Å². The number of nitrogens with zero attached hydrogens (tertiary/aromatic N) is 2. The lowest BCUT2D eigenvalue weighted by Crippen LogP contribution is -2.48.